The van der Waals surface area contributed by atoms with Crippen molar-refractivity contribution < 1.29 is 18.7 Å². The normalized spacial score (nSPS) is 16.8. The number of hydrogen-bond acceptors (Lipinski definition) is 5. The first kappa shape index (κ1) is 26.4. The molecular weight excluding hydrogens is 454 g/mol. The second kappa shape index (κ2) is 14.2. The Bertz CT molecular complexity index is 906. The highest BCUT2D eigenvalue weighted by atomic mass is 16.5. The summed E-state index contributed by atoms with van der Waals surface area (Å²) in [5.74, 6) is 1.49. The Hall–Kier alpha value is -2.64. The van der Waals surface area contributed by atoms with Gasteiger partial charge < -0.3 is 19.0 Å². The van der Waals surface area contributed by atoms with E-state index in [0.29, 0.717) is 32.0 Å². The van der Waals surface area contributed by atoms with E-state index in [1.54, 1.807) is 11.2 Å². The molecule has 2 fully saturated rings. The fourth-order valence-electron chi connectivity index (χ4n) is 5.22. The average Bonchev–Trinajstić information content (AvgIpc) is 3.63. The minimum absolute atomic E-state index is 0.0291. The minimum atomic E-state index is -0.0291. The highest BCUT2D eigenvalue weighted by molar-refractivity contribution is 5.84. The van der Waals surface area contributed by atoms with Gasteiger partial charge in [0, 0.05) is 39.1 Å². The molecule has 1 aromatic heterocycles. The number of ether oxygens (including phenoxy) is 1. The number of hydrogen-bond donors (Lipinski definition) is 0. The lowest BCUT2D eigenvalue weighted by Crippen LogP contribution is -2.47. The van der Waals surface area contributed by atoms with Crippen LogP contribution >= 0.6 is 0 Å². The van der Waals surface area contributed by atoms with Crippen LogP contribution in [0.5, 0.6) is 0 Å². The van der Waals surface area contributed by atoms with Gasteiger partial charge >= 0.3 is 0 Å². The summed E-state index contributed by atoms with van der Waals surface area (Å²) in [7, 11) is 0. The molecule has 2 aromatic rings. The first-order valence-electron chi connectivity index (χ1n) is 13.6. The maximum absolute atomic E-state index is 13.6. The molecule has 1 saturated heterocycles. The van der Waals surface area contributed by atoms with Gasteiger partial charge in [-0.25, -0.2) is 0 Å². The van der Waals surface area contributed by atoms with Crippen LogP contribution in [0, 0.1) is 5.92 Å². The minimum Gasteiger partial charge on any atom is -0.467 e. The number of morpholine rings is 1. The number of amides is 2. The van der Waals surface area contributed by atoms with E-state index < -0.39 is 0 Å². The average molecular weight is 496 g/mol. The topological polar surface area (TPSA) is 66.2 Å². The molecule has 1 aliphatic heterocycles. The van der Waals surface area contributed by atoms with Crippen molar-refractivity contribution in [1.29, 1.82) is 0 Å². The predicted octanol–water partition coefficient (Wildman–Crippen LogP) is 3.98. The lowest BCUT2D eigenvalue weighted by molar-refractivity contribution is -0.141. The van der Waals surface area contributed by atoms with Gasteiger partial charge in [0.25, 0.3) is 0 Å². The van der Waals surface area contributed by atoms with E-state index in [0.717, 1.165) is 51.4 Å². The van der Waals surface area contributed by atoms with Crippen molar-refractivity contribution in [3.8, 4) is 0 Å². The van der Waals surface area contributed by atoms with Crippen LogP contribution in [-0.4, -0.2) is 79.0 Å². The van der Waals surface area contributed by atoms with E-state index in [4.69, 9.17) is 9.15 Å². The largest absolute Gasteiger partial charge is 0.467 e. The first-order valence-corrected chi connectivity index (χ1v) is 13.6. The summed E-state index contributed by atoms with van der Waals surface area (Å²) in [5.41, 5.74) is 1.19. The van der Waals surface area contributed by atoms with E-state index >= 15 is 0 Å². The van der Waals surface area contributed by atoms with Gasteiger partial charge in [0.1, 0.15) is 5.76 Å². The molecule has 7 heteroatoms. The Morgan fingerprint density at radius 1 is 0.917 bits per heavy atom. The van der Waals surface area contributed by atoms with Gasteiger partial charge in [-0.2, -0.15) is 0 Å². The highest BCUT2D eigenvalue weighted by Gasteiger charge is 2.24. The van der Waals surface area contributed by atoms with Crippen LogP contribution in [0.4, 0.5) is 0 Å². The molecule has 0 atom stereocenters. The number of benzene rings is 1. The summed E-state index contributed by atoms with van der Waals surface area (Å²) in [6.45, 7) is 5.65. The van der Waals surface area contributed by atoms with Crippen molar-refractivity contribution in [3.05, 3.63) is 60.1 Å². The summed E-state index contributed by atoms with van der Waals surface area (Å²) in [6, 6.07) is 13.9. The van der Waals surface area contributed by atoms with Gasteiger partial charge in [-0.3, -0.25) is 14.5 Å². The van der Waals surface area contributed by atoms with Gasteiger partial charge in [-0.15, -0.1) is 0 Å². The third-order valence-electron chi connectivity index (χ3n) is 7.50. The van der Waals surface area contributed by atoms with Crippen molar-refractivity contribution in [2.45, 2.75) is 51.5 Å². The molecule has 0 N–H and O–H groups in total. The zero-order valence-electron chi connectivity index (χ0n) is 21.5. The van der Waals surface area contributed by atoms with E-state index in [2.05, 4.69) is 17.0 Å². The molecule has 0 unspecified atom stereocenters. The SMILES string of the molecule is O=C(CCC1CCCC1)N(CCN1CCOCC1)CC(=O)N(CCc1ccccc1)Cc1ccco1. The van der Waals surface area contributed by atoms with Gasteiger partial charge in [-0.05, 0) is 36.5 Å². The monoisotopic (exact) mass is 495 g/mol. The fraction of sp³-hybridized carbons (Fsp3) is 0.586. The third kappa shape index (κ3) is 8.49. The molecule has 7 nitrogen and oxygen atoms in total. The van der Waals surface area contributed by atoms with Gasteiger partial charge in [0.05, 0.1) is 32.6 Å². The maximum atomic E-state index is 13.6. The number of carbonyl (C=O) groups excluding carboxylic acids is 2. The highest BCUT2D eigenvalue weighted by Crippen LogP contribution is 2.28. The second-order valence-corrected chi connectivity index (χ2v) is 10.1. The summed E-state index contributed by atoms with van der Waals surface area (Å²) in [6.07, 6.45) is 8.89. The molecule has 0 spiro atoms. The maximum Gasteiger partial charge on any atom is 0.242 e. The third-order valence-corrected chi connectivity index (χ3v) is 7.50. The molecule has 0 radical (unpaired) electrons. The van der Waals surface area contributed by atoms with Crippen LogP contribution in [0.15, 0.2) is 53.1 Å². The lowest BCUT2D eigenvalue weighted by Gasteiger charge is -2.31. The summed E-state index contributed by atoms with van der Waals surface area (Å²) in [5, 5.41) is 0. The quantitative estimate of drug-likeness (QED) is 0.421. The molecule has 1 saturated carbocycles. The Kier molecular flexibility index (Phi) is 10.4. The van der Waals surface area contributed by atoms with Crippen molar-refractivity contribution in [2.24, 2.45) is 5.92 Å². The number of nitrogens with zero attached hydrogens (tertiary/aromatic N) is 3. The fourth-order valence-corrected chi connectivity index (χ4v) is 5.22. The van der Waals surface area contributed by atoms with E-state index in [1.165, 1.54) is 31.2 Å². The predicted molar refractivity (Wildman–Crippen MR) is 139 cm³/mol. The second-order valence-electron chi connectivity index (χ2n) is 10.1. The van der Waals surface area contributed by atoms with Crippen molar-refractivity contribution >= 4 is 11.8 Å². The Labute approximate surface area is 215 Å². The molecule has 2 heterocycles. The molecule has 2 aliphatic rings. The van der Waals surface area contributed by atoms with E-state index in [1.807, 2.05) is 35.2 Å². The Morgan fingerprint density at radius 2 is 1.69 bits per heavy atom. The number of rotatable bonds is 13. The van der Waals surface area contributed by atoms with E-state index in [-0.39, 0.29) is 18.4 Å². The molecule has 196 valence electrons. The standard InChI is InChI=1S/C29H41N3O4/c33-28(13-12-25-9-4-5-10-25)32(17-16-30-18-21-35-22-19-30)24-29(34)31(23-27-11-6-20-36-27)15-14-26-7-2-1-3-8-26/h1-3,6-8,11,20,25H,4-5,9-10,12-19,21-24H2. The van der Waals surface area contributed by atoms with Crippen LogP contribution in [0.2, 0.25) is 0 Å². The van der Waals surface area contributed by atoms with Crippen LogP contribution in [0.25, 0.3) is 0 Å². The van der Waals surface area contributed by atoms with Crippen molar-refractivity contribution in [2.75, 3.05) is 52.5 Å². The van der Waals surface area contributed by atoms with Crippen LogP contribution in [-0.2, 0) is 27.3 Å². The Morgan fingerprint density at radius 3 is 2.42 bits per heavy atom. The van der Waals surface area contributed by atoms with Gasteiger partial charge in [0.15, 0.2) is 0 Å². The molecule has 4 rings (SSSR count). The molecule has 0 bridgehead atoms. The van der Waals surface area contributed by atoms with Crippen LogP contribution < -0.4 is 0 Å². The van der Waals surface area contributed by atoms with Gasteiger partial charge in [0.2, 0.25) is 11.8 Å². The molecule has 36 heavy (non-hydrogen) atoms. The van der Waals surface area contributed by atoms with Crippen LogP contribution in [0.3, 0.4) is 0 Å². The summed E-state index contributed by atoms with van der Waals surface area (Å²) in [4.78, 5) is 32.8. The smallest absolute Gasteiger partial charge is 0.242 e. The molecule has 1 aliphatic carbocycles. The number of carbonyl (C=O) groups is 2. The summed E-state index contributed by atoms with van der Waals surface area (Å²) < 4.78 is 11.0. The summed E-state index contributed by atoms with van der Waals surface area (Å²) >= 11 is 0. The Balaban J connectivity index is 1.39. The van der Waals surface area contributed by atoms with E-state index in [9.17, 15) is 9.59 Å². The first-order chi connectivity index (χ1) is 17.7. The van der Waals surface area contributed by atoms with Crippen molar-refractivity contribution in [1.82, 2.24) is 14.7 Å². The van der Waals surface area contributed by atoms with Crippen molar-refractivity contribution in [3.63, 3.8) is 0 Å². The molecular formula is C29H41N3O4. The zero-order valence-corrected chi connectivity index (χ0v) is 21.5. The lowest BCUT2D eigenvalue weighted by atomic mass is 10.0. The number of furan rings is 1. The molecule has 2 amide bonds. The van der Waals surface area contributed by atoms with Gasteiger partial charge in [-0.1, -0.05) is 56.0 Å². The molecule has 1 aromatic carbocycles. The zero-order chi connectivity index (χ0) is 25.0. The van der Waals surface area contributed by atoms with Crippen LogP contribution in [0.1, 0.15) is 49.8 Å².